The van der Waals surface area contributed by atoms with Crippen molar-refractivity contribution in [2.75, 3.05) is 7.11 Å². The third-order valence-electron chi connectivity index (χ3n) is 3.26. The summed E-state index contributed by atoms with van der Waals surface area (Å²) >= 11 is 0. The molecule has 1 unspecified atom stereocenters. The van der Waals surface area contributed by atoms with Gasteiger partial charge in [-0.25, -0.2) is 0 Å². The van der Waals surface area contributed by atoms with Crippen LogP contribution >= 0.6 is 0 Å². The molecule has 0 heterocycles. The maximum atomic E-state index is 11.9. The fourth-order valence-electron chi connectivity index (χ4n) is 1.98. The first-order valence-corrected chi connectivity index (χ1v) is 7.30. The van der Waals surface area contributed by atoms with Crippen LogP contribution in [0.15, 0.2) is 42.5 Å². The third-order valence-corrected chi connectivity index (χ3v) is 3.26. The number of carbonyl (C=O) groups excluding carboxylic acids is 3. The average molecular weight is 330 g/mol. The van der Waals surface area contributed by atoms with Crippen LogP contribution in [0.5, 0.6) is 5.75 Å². The monoisotopic (exact) mass is 330 g/mol. The molecule has 7 nitrogen and oxygen atoms in total. The van der Waals surface area contributed by atoms with Crippen molar-refractivity contribution in [2.24, 2.45) is 0 Å². The summed E-state index contributed by atoms with van der Waals surface area (Å²) in [7, 11) is 1.17. The Morgan fingerprint density at radius 2 is 1.75 bits per heavy atom. The summed E-state index contributed by atoms with van der Waals surface area (Å²) in [6.45, 7) is 1.55. The molecule has 24 heavy (non-hydrogen) atoms. The van der Waals surface area contributed by atoms with Crippen LogP contribution < -0.4 is 15.6 Å². The van der Waals surface area contributed by atoms with Crippen molar-refractivity contribution in [2.45, 2.75) is 19.4 Å². The van der Waals surface area contributed by atoms with Crippen molar-refractivity contribution in [1.82, 2.24) is 10.9 Å². The summed E-state index contributed by atoms with van der Waals surface area (Å²) in [5.41, 5.74) is 4.32. The molecule has 0 saturated heterocycles. The number of hydrazine groups is 1. The van der Waals surface area contributed by atoms with E-state index in [-0.39, 0.29) is 0 Å². The van der Waals surface area contributed by atoms with E-state index in [1.807, 2.05) is 36.4 Å². The van der Waals surface area contributed by atoms with E-state index in [4.69, 9.17) is 4.74 Å². The lowest BCUT2D eigenvalue weighted by Crippen LogP contribution is -2.47. The number of hydrogen-bond acceptors (Lipinski definition) is 5. The first kappa shape index (κ1) is 17.3. The minimum Gasteiger partial charge on any atom is -0.481 e. The van der Waals surface area contributed by atoms with Crippen LogP contribution in [-0.2, 0) is 19.1 Å². The first-order chi connectivity index (χ1) is 11.5. The Hall–Kier alpha value is -3.09. The van der Waals surface area contributed by atoms with Crippen LogP contribution in [0.1, 0.15) is 13.3 Å². The fourth-order valence-corrected chi connectivity index (χ4v) is 1.98. The molecule has 126 valence electrons. The molecule has 2 aromatic rings. The second-order valence-corrected chi connectivity index (χ2v) is 5.06. The molecule has 2 amide bonds. The van der Waals surface area contributed by atoms with Gasteiger partial charge in [-0.2, -0.15) is 0 Å². The molecule has 0 fully saturated rings. The summed E-state index contributed by atoms with van der Waals surface area (Å²) in [6, 6.07) is 13.3. The van der Waals surface area contributed by atoms with Gasteiger partial charge in [-0.15, -0.1) is 0 Å². The Bertz CT molecular complexity index is 759. The van der Waals surface area contributed by atoms with Gasteiger partial charge in [0.25, 0.3) is 5.91 Å². The smallest absolute Gasteiger partial charge is 0.315 e. The zero-order valence-corrected chi connectivity index (χ0v) is 13.4. The fraction of sp³-hybridized carbons (Fsp3) is 0.235. The molecule has 0 aliphatic heterocycles. The van der Waals surface area contributed by atoms with Crippen LogP contribution in [0.4, 0.5) is 0 Å². The zero-order chi connectivity index (χ0) is 17.5. The lowest BCUT2D eigenvalue weighted by molar-refractivity contribution is -0.145. The minimum atomic E-state index is -0.829. The highest BCUT2D eigenvalue weighted by molar-refractivity contribution is 5.95. The summed E-state index contributed by atoms with van der Waals surface area (Å²) in [5.74, 6) is -1.37. The molecular formula is C17H18N2O5. The molecule has 2 rings (SSSR count). The van der Waals surface area contributed by atoms with E-state index < -0.39 is 30.3 Å². The first-order valence-electron chi connectivity index (χ1n) is 7.30. The number of amides is 2. The van der Waals surface area contributed by atoms with Crippen molar-refractivity contribution in [3.05, 3.63) is 42.5 Å². The van der Waals surface area contributed by atoms with Gasteiger partial charge in [0.05, 0.1) is 7.11 Å². The van der Waals surface area contributed by atoms with Crippen LogP contribution in [0.2, 0.25) is 0 Å². The Kier molecular flexibility index (Phi) is 5.73. The van der Waals surface area contributed by atoms with Crippen LogP contribution in [-0.4, -0.2) is 31.0 Å². The maximum absolute atomic E-state index is 11.9. The molecule has 0 bridgehead atoms. The van der Waals surface area contributed by atoms with E-state index >= 15 is 0 Å². The Morgan fingerprint density at radius 1 is 1.04 bits per heavy atom. The number of rotatable bonds is 5. The highest BCUT2D eigenvalue weighted by Gasteiger charge is 2.16. The number of fused-ring (bicyclic) bond motifs is 1. The summed E-state index contributed by atoms with van der Waals surface area (Å²) < 4.78 is 9.92. The SMILES string of the molecule is COC(=O)CC(=O)NNC(=O)C(C)Oc1ccc2ccccc2c1. The number of benzene rings is 2. The largest absolute Gasteiger partial charge is 0.481 e. The maximum Gasteiger partial charge on any atom is 0.315 e. The molecule has 0 aliphatic rings. The number of nitrogens with one attached hydrogen (secondary N) is 2. The van der Waals surface area contributed by atoms with Crippen LogP contribution in [0, 0.1) is 0 Å². The van der Waals surface area contributed by atoms with Gasteiger partial charge in [-0.05, 0) is 29.8 Å². The molecule has 0 radical (unpaired) electrons. The Morgan fingerprint density at radius 3 is 2.46 bits per heavy atom. The lowest BCUT2D eigenvalue weighted by atomic mass is 10.1. The lowest BCUT2D eigenvalue weighted by Gasteiger charge is -2.15. The molecule has 0 aliphatic carbocycles. The van der Waals surface area contributed by atoms with Gasteiger partial charge in [0.1, 0.15) is 12.2 Å². The average Bonchev–Trinajstić information content (AvgIpc) is 2.59. The summed E-state index contributed by atoms with van der Waals surface area (Å²) in [5, 5.41) is 2.06. The standard InChI is InChI=1S/C17H18N2O5/c1-11(17(22)19-18-15(20)10-16(21)23-2)24-14-8-7-12-5-3-4-6-13(12)9-14/h3-9,11H,10H2,1-2H3,(H,18,20)(H,19,22). The minimum absolute atomic E-state index is 0.476. The van der Waals surface area contributed by atoms with Gasteiger partial charge in [0.2, 0.25) is 5.91 Å². The predicted molar refractivity (Wildman–Crippen MR) is 87.0 cm³/mol. The van der Waals surface area contributed by atoms with Gasteiger partial charge >= 0.3 is 5.97 Å². The number of hydrogen-bond donors (Lipinski definition) is 2. The highest BCUT2D eigenvalue weighted by atomic mass is 16.5. The molecular weight excluding hydrogens is 312 g/mol. The van der Waals surface area contributed by atoms with Crippen LogP contribution in [0.25, 0.3) is 10.8 Å². The molecule has 2 aromatic carbocycles. The van der Waals surface area contributed by atoms with E-state index in [1.165, 1.54) is 7.11 Å². The van der Waals surface area contributed by atoms with E-state index in [1.54, 1.807) is 13.0 Å². The summed E-state index contributed by atoms with van der Waals surface area (Å²) in [6.07, 6.45) is -1.30. The van der Waals surface area contributed by atoms with E-state index in [9.17, 15) is 14.4 Å². The molecule has 0 spiro atoms. The van der Waals surface area contributed by atoms with Gasteiger partial charge in [0, 0.05) is 0 Å². The molecule has 7 heteroatoms. The second-order valence-electron chi connectivity index (χ2n) is 5.06. The number of esters is 1. The van der Waals surface area contributed by atoms with Crippen molar-refractivity contribution < 1.29 is 23.9 Å². The number of methoxy groups -OCH3 is 1. The second kappa shape index (κ2) is 7.96. The van der Waals surface area contributed by atoms with Gasteiger partial charge in [-0.3, -0.25) is 25.2 Å². The Balaban J connectivity index is 1.88. The Labute approximate surface area is 138 Å². The molecule has 2 N–H and O–H groups in total. The van der Waals surface area contributed by atoms with Gasteiger partial charge in [0.15, 0.2) is 6.10 Å². The third kappa shape index (κ3) is 4.70. The molecule has 0 saturated carbocycles. The quantitative estimate of drug-likeness (QED) is 0.490. The van der Waals surface area contributed by atoms with E-state index in [2.05, 4.69) is 15.6 Å². The van der Waals surface area contributed by atoms with Crippen molar-refractivity contribution in [1.29, 1.82) is 0 Å². The topological polar surface area (TPSA) is 93.7 Å². The van der Waals surface area contributed by atoms with E-state index in [0.29, 0.717) is 5.75 Å². The van der Waals surface area contributed by atoms with Gasteiger partial charge in [-0.1, -0.05) is 30.3 Å². The predicted octanol–water partition coefficient (Wildman–Crippen LogP) is 1.32. The summed E-state index contributed by atoms with van der Waals surface area (Å²) in [4.78, 5) is 34.2. The number of ether oxygens (including phenoxy) is 2. The van der Waals surface area contributed by atoms with E-state index in [0.717, 1.165) is 10.8 Å². The molecule has 0 aromatic heterocycles. The van der Waals surface area contributed by atoms with Crippen molar-refractivity contribution >= 4 is 28.6 Å². The normalized spacial score (nSPS) is 11.4. The van der Waals surface area contributed by atoms with Crippen LogP contribution in [0.3, 0.4) is 0 Å². The van der Waals surface area contributed by atoms with Gasteiger partial charge < -0.3 is 9.47 Å². The van der Waals surface area contributed by atoms with Crippen molar-refractivity contribution in [3.63, 3.8) is 0 Å². The highest BCUT2D eigenvalue weighted by Crippen LogP contribution is 2.21. The number of carbonyl (C=O) groups is 3. The van der Waals surface area contributed by atoms with Crippen molar-refractivity contribution in [3.8, 4) is 5.75 Å². The zero-order valence-electron chi connectivity index (χ0n) is 13.4. The molecule has 1 atom stereocenters.